The van der Waals surface area contributed by atoms with Crippen LogP contribution in [-0.4, -0.2) is 39.5 Å². The fourth-order valence-electron chi connectivity index (χ4n) is 0.501. The summed E-state index contributed by atoms with van der Waals surface area (Å²) in [7, 11) is -2.99. The largest absolute Gasteiger partial charge is 0.404 e. The molecular formula is C7H12N2O3S. The van der Waals surface area contributed by atoms with Gasteiger partial charge in [0.25, 0.3) is 0 Å². The van der Waals surface area contributed by atoms with Gasteiger partial charge in [-0.3, -0.25) is 9.79 Å². The number of sulfone groups is 1. The summed E-state index contributed by atoms with van der Waals surface area (Å²) in [6.45, 7) is 0.143. The number of carbonyl (C=O) groups is 1. The van der Waals surface area contributed by atoms with E-state index in [2.05, 4.69) is 4.99 Å². The van der Waals surface area contributed by atoms with Crippen molar-refractivity contribution >= 4 is 22.3 Å². The molecule has 74 valence electrons. The average Bonchev–Trinajstić information content (AvgIpc) is 2.03. The molecule has 0 aromatic carbocycles. The van der Waals surface area contributed by atoms with Gasteiger partial charge >= 0.3 is 0 Å². The van der Waals surface area contributed by atoms with Crippen molar-refractivity contribution in [1.82, 2.24) is 0 Å². The molecule has 0 spiro atoms. The molecule has 0 heterocycles. The molecule has 0 aliphatic carbocycles. The first-order valence-corrected chi connectivity index (χ1v) is 5.60. The quantitative estimate of drug-likeness (QED) is 0.358. The van der Waals surface area contributed by atoms with E-state index < -0.39 is 9.84 Å². The summed E-state index contributed by atoms with van der Waals surface area (Å²) in [6.07, 6.45) is 4.03. The van der Waals surface area contributed by atoms with Crippen molar-refractivity contribution in [2.24, 2.45) is 10.7 Å². The maximum Gasteiger partial charge on any atom is 0.153 e. The smallest absolute Gasteiger partial charge is 0.153 e. The van der Waals surface area contributed by atoms with Crippen molar-refractivity contribution in [2.75, 3.05) is 18.6 Å². The highest BCUT2D eigenvalue weighted by Gasteiger charge is 1.98. The first-order chi connectivity index (χ1) is 5.99. The number of aliphatic imine (C=N–C) groups is 1. The van der Waals surface area contributed by atoms with Gasteiger partial charge in [0.05, 0.1) is 12.3 Å². The normalized spacial score (nSPS) is 13.5. The van der Waals surface area contributed by atoms with Crippen molar-refractivity contribution < 1.29 is 13.2 Å². The first-order valence-electron chi connectivity index (χ1n) is 3.54. The zero-order valence-corrected chi connectivity index (χ0v) is 8.12. The van der Waals surface area contributed by atoms with Crippen molar-refractivity contribution in [3.63, 3.8) is 0 Å². The Kier molecular flexibility index (Phi) is 4.98. The number of hydrogen-bond donors (Lipinski definition) is 1. The van der Waals surface area contributed by atoms with E-state index in [9.17, 15) is 13.2 Å². The molecule has 2 N–H and O–H groups in total. The lowest BCUT2D eigenvalue weighted by atomic mass is 10.3. The van der Waals surface area contributed by atoms with Crippen LogP contribution in [0, 0.1) is 0 Å². The Hall–Kier alpha value is -1.17. The summed E-state index contributed by atoms with van der Waals surface area (Å²) < 4.78 is 21.3. The predicted molar refractivity (Wildman–Crippen MR) is 51.4 cm³/mol. The summed E-state index contributed by atoms with van der Waals surface area (Å²) in [4.78, 5) is 13.9. The minimum atomic E-state index is -2.99. The maximum absolute atomic E-state index is 10.6. The molecule has 0 aromatic rings. The SMILES string of the molecule is CS(=O)(=O)CCN=C/C(C=O)=C\N. The second-order valence-corrected chi connectivity index (χ2v) is 4.71. The number of carbonyl (C=O) groups excluding carboxylic acids is 1. The molecule has 0 aromatic heterocycles. The Balaban J connectivity index is 3.97. The van der Waals surface area contributed by atoms with E-state index in [1.165, 1.54) is 6.21 Å². The molecule has 0 aliphatic rings. The minimum Gasteiger partial charge on any atom is -0.404 e. The molecule has 0 atom stereocenters. The highest BCUT2D eigenvalue weighted by atomic mass is 32.2. The molecule has 0 rings (SSSR count). The van der Waals surface area contributed by atoms with Crippen LogP contribution in [0.2, 0.25) is 0 Å². The molecule has 0 radical (unpaired) electrons. The summed E-state index contributed by atoms with van der Waals surface area (Å²) in [5.41, 5.74) is 5.28. The van der Waals surface area contributed by atoms with E-state index in [4.69, 9.17) is 5.73 Å². The van der Waals surface area contributed by atoms with Gasteiger partial charge in [0.2, 0.25) is 0 Å². The van der Waals surface area contributed by atoms with Crippen LogP contribution < -0.4 is 5.73 Å². The third-order valence-electron chi connectivity index (χ3n) is 1.16. The molecule has 0 saturated heterocycles. The Morgan fingerprint density at radius 3 is 2.54 bits per heavy atom. The first kappa shape index (κ1) is 11.8. The van der Waals surface area contributed by atoms with E-state index in [1.54, 1.807) is 0 Å². The standard InChI is InChI=1S/C7H12N2O3S/c1-13(11,12)3-2-9-5-7(4-8)6-10/h4-6H,2-3,8H2,1H3/b7-4+,9-5?. The van der Waals surface area contributed by atoms with Gasteiger partial charge in [-0.1, -0.05) is 0 Å². The second-order valence-electron chi connectivity index (χ2n) is 2.45. The lowest BCUT2D eigenvalue weighted by Crippen LogP contribution is -2.06. The Morgan fingerprint density at radius 1 is 1.54 bits per heavy atom. The van der Waals surface area contributed by atoms with Gasteiger partial charge < -0.3 is 5.73 Å². The van der Waals surface area contributed by atoms with Gasteiger partial charge in [-0.15, -0.1) is 0 Å². The Bertz CT molecular complexity index is 317. The maximum atomic E-state index is 10.6. The van der Waals surface area contributed by atoms with Gasteiger partial charge in [-0.25, -0.2) is 8.42 Å². The molecule has 0 bridgehead atoms. The molecule has 0 amide bonds. The molecule has 0 saturated carbocycles. The van der Waals surface area contributed by atoms with Crippen molar-refractivity contribution in [3.05, 3.63) is 11.8 Å². The van der Waals surface area contributed by atoms with E-state index >= 15 is 0 Å². The summed E-state index contributed by atoms with van der Waals surface area (Å²) in [6, 6.07) is 0. The Morgan fingerprint density at radius 2 is 2.15 bits per heavy atom. The van der Waals surface area contributed by atoms with Gasteiger partial charge in [-0.2, -0.15) is 0 Å². The van der Waals surface area contributed by atoms with E-state index in [0.717, 1.165) is 12.5 Å². The van der Waals surface area contributed by atoms with Crippen LogP contribution in [0.5, 0.6) is 0 Å². The molecule has 5 nitrogen and oxygen atoms in total. The molecule has 6 heteroatoms. The Labute approximate surface area is 77.3 Å². The lowest BCUT2D eigenvalue weighted by molar-refractivity contribution is -0.104. The summed E-state index contributed by atoms with van der Waals surface area (Å²) in [5, 5.41) is 0. The zero-order valence-electron chi connectivity index (χ0n) is 7.30. The van der Waals surface area contributed by atoms with Crippen LogP contribution in [-0.2, 0) is 14.6 Å². The van der Waals surface area contributed by atoms with Crippen LogP contribution >= 0.6 is 0 Å². The zero-order chi connectivity index (χ0) is 10.3. The van der Waals surface area contributed by atoms with Crippen LogP contribution in [0.25, 0.3) is 0 Å². The van der Waals surface area contributed by atoms with Gasteiger partial charge in [0, 0.05) is 24.2 Å². The number of allylic oxidation sites excluding steroid dienone is 1. The van der Waals surface area contributed by atoms with Gasteiger partial charge in [-0.05, 0) is 0 Å². The number of rotatable bonds is 5. The average molecular weight is 204 g/mol. The van der Waals surface area contributed by atoms with E-state index in [-0.39, 0.29) is 17.9 Å². The number of aldehydes is 1. The molecule has 0 fully saturated rings. The predicted octanol–water partition coefficient (Wildman–Crippen LogP) is -0.857. The monoisotopic (exact) mass is 204 g/mol. The van der Waals surface area contributed by atoms with Crippen LogP contribution in [0.3, 0.4) is 0 Å². The highest BCUT2D eigenvalue weighted by molar-refractivity contribution is 7.90. The van der Waals surface area contributed by atoms with E-state index in [1.807, 2.05) is 0 Å². The van der Waals surface area contributed by atoms with Crippen LogP contribution in [0.15, 0.2) is 16.8 Å². The third kappa shape index (κ3) is 7.20. The number of nitrogens with two attached hydrogens (primary N) is 1. The lowest BCUT2D eigenvalue weighted by Gasteiger charge is -1.91. The third-order valence-corrected chi connectivity index (χ3v) is 2.08. The number of nitrogens with zero attached hydrogens (tertiary/aromatic N) is 1. The second kappa shape index (κ2) is 5.47. The van der Waals surface area contributed by atoms with Gasteiger partial charge in [0.1, 0.15) is 9.84 Å². The van der Waals surface area contributed by atoms with Crippen molar-refractivity contribution in [2.45, 2.75) is 0 Å². The minimum absolute atomic E-state index is 0.0276. The van der Waals surface area contributed by atoms with Crippen molar-refractivity contribution in [1.29, 1.82) is 0 Å². The van der Waals surface area contributed by atoms with E-state index in [0.29, 0.717) is 6.29 Å². The number of hydrogen-bond acceptors (Lipinski definition) is 5. The molecular weight excluding hydrogens is 192 g/mol. The van der Waals surface area contributed by atoms with Gasteiger partial charge in [0.15, 0.2) is 6.29 Å². The summed E-state index contributed by atoms with van der Waals surface area (Å²) in [5.74, 6) is -0.0276. The highest BCUT2D eigenvalue weighted by Crippen LogP contribution is 1.85. The topological polar surface area (TPSA) is 89.6 Å². The molecule has 13 heavy (non-hydrogen) atoms. The molecule has 0 aliphatic heterocycles. The van der Waals surface area contributed by atoms with Crippen molar-refractivity contribution in [3.8, 4) is 0 Å². The fourth-order valence-corrected chi connectivity index (χ4v) is 0.938. The molecule has 0 unspecified atom stereocenters. The van der Waals surface area contributed by atoms with Crippen LogP contribution in [0.4, 0.5) is 0 Å². The fraction of sp³-hybridized carbons (Fsp3) is 0.429. The van der Waals surface area contributed by atoms with Crippen LogP contribution in [0.1, 0.15) is 0 Å². The summed E-state index contributed by atoms with van der Waals surface area (Å²) >= 11 is 0.